The van der Waals surface area contributed by atoms with Crippen molar-refractivity contribution in [3.05, 3.63) is 0 Å². The minimum absolute atomic E-state index is 0.0263. The lowest BCUT2D eigenvalue weighted by molar-refractivity contribution is -0.103. The van der Waals surface area contributed by atoms with E-state index >= 15 is 0 Å². The summed E-state index contributed by atoms with van der Waals surface area (Å²) in [6.07, 6.45) is 1.79. The van der Waals surface area contributed by atoms with Gasteiger partial charge in [0.25, 0.3) is 0 Å². The summed E-state index contributed by atoms with van der Waals surface area (Å²) < 4.78 is 5.84. The number of aliphatic hydroxyl groups is 1. The topological polar surface area (TPSA) is 41.5 Å². The molecule has 78 valence electrons. The highest BCUT2D eigenvalue weighted by molar-refractivity contribution is 4.84. The summed E-state index contributed by atoms with van der Waals surface area (Å²) >= 11 is 0. The molecule has 3 heteroatoms. The van der Waals surface area contributed by atoms with Crippen LogP contribution < -0.4 is 5.32 Å². The van der Waals surface area contributed by atoms with E-state index in [0.29, 0.717) is 6.54 Å². The zero-order chi connectivity index (χ0) is 9.90. The lowest BCUT2D eigenvalue weighted by Crippen LogP contribution is -2.37. The Hall–Kier alpha value is -0.120. The SMILES string of the molecule is CCCC(C)(C)O[C@H]1CNC[C@@H]1O. The molecule has 13 heavy (non-hydrogen) atoms. The van der Waals surface area contributed by atoms with Gasteiger partial charge in [0, 0.05) is 13.1 Å². The second-order valence-corrected chi connectivity index (χ2v) is 4.39. The van der Waals surface area contributed by atoms with Crippen molar-refractivity contribution in [1.82, 2.24) is 5.32 Å². The Morgan fingerprint density at radius 3 is 2.62 bits per heavy atom. The van der Waals surface area contributed by atoms with Crippen LogP contribution in [0.3, 0.4) is 0 Å². The molecule has 0 spiro atoms. The first-order chi connectivity index (χ1) is 6.05. The van der Waals surface area contributed by atoms with Crippen LogP contribution in [0.5, 0.6) is 0 Å². The second kappa shape index (κ2) is 4.40. The lowest BCUT2D eigenvalue weighted by Gasteiger charge is -2.29. The molecule has 0 bridgehead atoms. The van der Waals surface area contributed by atoms with E-state index in [4.69, 9.17) is 4.74 Å². The van der Waals surface area contributed by atoms with Gasteiger partial charge in [-0.2, -0.15) is 0 Å². The quantitative estimate of drug-likeness (QED) is 0.687. The van der Waals surface area contributed by atoms with E-state index < -0.39 is 0 Å². The first-order valence-electron chi connectivity index (χ1n) is 5.12. The van der Waals surface area contributed by atoms with Gasteiger partial charge >= 0.3 is 0 Å². The summed E-state index contributed by atoms with van der Waals surface area (Å²) in [5.41, 5.74) is -0.105. The van der Waals surface area contributed by atoms with E-state index in [-0.39, 0.29) is 17.8 Å². The Morgan fingerprint density at radius 2 is 2.15 bits per heavy atom. The molecule has 0 saturated carbocycles. The number of rotatable bonds is 4. The molecule has 3 nitrogen and oxygen atoms in total. The van der Waals surface area contributed by atoms with E-state index in [1.807, 2.05) is 0 Å². The van der Waals surface area contributed by atoms with E-state index in [1.165, 1.54) is 0 Å². The van der Waals surface area contributed by atoms with Crippen LogP contribution >= 0.6 is 0 Å². The van der Waals surface area contributed by atoms with Gasteiger partial charge in [0.1, 0.15) is 0 Å². The summed E-state index contributed by atoms with van der Waals surface area (Å²) in [4.78, 5) is 0. The molecule has 1 aliphatic heterocycles. The normalized spacial score (nSPS) is 29.5. The van der Waals surface area contributed by atoms with Gasteiger partial charge in [0.15, 0.2) is 0 Å². The molecule has 0 radical (unpaired) electrons. The third-order valence-corrected chi connectivity index (χ3v) is 2.45. The summed E-state index contributed by atoms with van der Waals surface area (Å²) in [5, 5.41) is 12.6. The summed E-state index contributed by atoms with van der Waals surface area (Å²) in [6.45, 7) is 7.75. The average Bonchev–Trinajstić information content (AvgIpc) is 2.35. The van der Waals surface area contributed by atoms with E-state index in [2.05, 4.69) is 26.1 Å². The Balaban J connectivity index is 2.37. The molecule has 0 amide bonds. The van der Waals surface area contributed by atoms with Crippen molar-refractivity contribution < 1.29 is 9.84 Å². The summed E-state index contributed by atoms with van der Waals surface area (Å²) in [5.74, 6) is 0. The molecule has 2 N–H and O–H groups in total. The van der Waals surface area contributed by atoms with Crippen LogP contribution in [0, 0.1) is 0 Å². The van der Waals surface area contributed by atoms with Gasteiger partial charge in [0.05, 0.1) is 17.8 Å². The van der Waals surface area contributed by atoms with Gasteiger partial charge < -0.3 is 15.2 Å². The number of hydrogen-bond acceptors (Lipinski definition) is 3. The minimum atomic E-state index is -0.337. The third-order valence-electron chi connectivity index (χ3n) is 2.45. The molecule has 0 unspecified atom stereocenters. The molecule has 2 atom stereocenters. The molecule has 1 saturated heterocycles. The molecule has 1 rings (SSSR count). The van der Waals surface area contributed by atoms with E-state index in [1.54, 1.807) is 0 Å². The van der Waals surface area contributed by atoms with Crippen LogP contribution in [0.25, 0.3) is 0 Å². The molecule has 1 fully saturated rings. The highest BCUT2D eigenvalue weighted by Crippen LogP contribution is 2.21. The van der Waals surface area contributed by atoms with Gasteiger partial charge in [-0.15, -0.1) is 0 Å². The lowest BCUT2D eigenvalue weighted by atomic mass is 10.0. The van der Waals surface area contributed by atoms with E-state index in [0.717, 1.165) is 19.4 Å². The zero-order valence-electron chi connectivity index (χ0n) is 8.84. The van der Waals surface area contributed by atoms with E-state index in [9.17, 15) is 5.11 Å². The van der Waals surface area contributed by atoms with Crippen molar-refractivity contribution in [1.29, 1.82) is 0 Å². The zero-order valence-corrected chi connectivity index (χ0v) is 8.84. The van der Waals surface area contributed by atoms with Gasteiger partial charge in [-0.3, -0.25) is 0 Å². The fourth-order valence-electron chi connectivity index (χ4n) is 1.83. The van der Waals surface area contributed by atoms with Crippen molar-refractivity contribution in [2.75, 3.05) is 13.1 Å². The van der Waals surface area contributed by atoms with Crippen molar-refractivity contribution >= 4 is 0 Å². The Kier molecular flexibility index (Phi) is 3.71. The Bertz CT molecular complexity index is 159. The standard InChI is InChI=1S/C10H21NO2/c1-4-5-10(2,3)13-9-7-11-6-8(9)12/h8-9,11-12H,4-7H2,1-3H3/t8-,9-/m0/s1. The maximum atomic E-state index is 9.53. The van der Waals surface area contributed by atoms with Crippen LogP contribution in [0.1, 0.15) is 33.6 Å². The predicted octanol–water partition coefficient (Wildman–Crippen LogP) is 0.914. The van der Waals surface area contributed by atoms with Crippen LogP contribution in [0.2, 0.25) is 0 Å². The molecule has 1 heterocycles. The van der Waals surface area contributed by atoms with Gasteiger partial charge in [-0.1, -0.05) is 13.3 Å². The Morgan fingerprint density at radius 1 is 1.46 bits per heavy atom. The fraction of sp³-hybridized carbons (Fsp3) is 1.00. The van der Waals surface area contributed by atoms with Gasteiger partial charge in [-0.05, 0) is 20.3 Å². The smallest absolute Gasteiger partial charge is 0.0977 e. The third kappa shape index (κ3) is 3.25. The maximum absolute atomic E-state index is 9.53. The largest absolute Gasteiger partial charge is 0.389 e. The van der Waals surface area contributed by atoms with Crippen molar-refractivity contribution in [2.24, 2.45) is 0 Å². The molecule has 1 aliphatic rings. The predicted molar refractivity (Wildman–Crippen MR) is 52.7 cm³/mol. The monoisotopic (exact) mass is 187 g/mol. The number of ether oxygens (including phenoxy) is 1. The summed E-state index contributed by atoms with van der Waals surface area (Å²) in [7, 11) is 0. The molecule has 0 aliphatic carbocycles. The molecular weight excluding hydrogens is 166 g/mol. The molecular formula is C10H21NO2. The average molecular weight is 187 g/mol. The first kappa shape index (κ1) is 11.0. The van der Waals surface area contributed by atoms with Crippen LogP contribution in [0.4, 0.5) is 0 Å². The maximum Gasteiger partial charge on any atom is 0.0977 e. The number of nitrogens with one attached hydrogen (secondary N) is 1. The van der Waals surface area contributed by atoms with Crippen LogP contribution in [-0.2, 0) is 4.74 Å². The van der Waals surface area contributed by atoms with Gasteiger partial charge in [-0.25, -0.2) is 0 Å². The minimum Gasteiger partial charge on any atom is -0.389 e. The molecule has 0 aromatic rings. The summed E-state index contributed by atoms with van der Waals surface area (Å²) in [6, 6.07) is 0. The van der Waals surface area contributed by atoms with Crippen molar-refractivity contribution in [3.63, 3.8) is 0 Å². The van der Waals surface area contributed by atoms with Crippen molar-refractivity contribution in [3.8, 4) is 0 Å². The van der Waals surface area contributed by atoms with Gasteiger partial charge in [0.2, 0.25) is 0 Å². The Labute approximate surface area is 80.5 Å². The highest BCUT2D eigenvalue weighted by Gasteiger charge is 2.31. The highest BCUT2D eigenvalue weighted by atomic mass is 16.5. The number of β-amino-alcohol motifs (C(OH)–C–C–N with tert-alkyl or cyclic N) is 1. The number of hydrogen-bond donors (Lipinski definition) is 2. The second-order valence-electron chi connectivity index (χ2n) is 4.39. The van der Waals surface area contributed by atoms with Crippen LogP contribution in [0.15, 0.2) is 0 Å². The fourth-order valence-corrected chi connectivity index (χ4v) is 1.83. The molecule has 0 aromatic carbocycles. The molecule has 0 aromatic heterocycles. The van der Waals surface area contributed by atoms with Crippen molar-refractivity contribution in [2.45, 2.75) is 51.4 Å². The van der Waals surface area contributed by atoms with Crippen LogP contribution in [-0.4, -0.2) is 36.0 Å². The number of aliphatic hydroxyl groups excluding tert-OH is 1. The first-order valence-corrected chi connectivity index (χ1v) is 5.12.